The highest BCUT2D eigenvalue weighted by Crippen LogP contribution is 2.27. The van der Waals surface area contributed by atoms with Crippen molar-refractivity contribution >= 4 is 11.5 Å². The smallest absolute Gasteiger partial charge is 0.335 e. The van der Waals surface area contributed by atoms with Crippen LogP contribution in [0.4, 0.5) is 0 Å². The van der Waals surface area contributed by atoms with E-state index in [4.69, 9.17) is 14.2 Å². The molecular weight excluding hydrogens is 460 g/mol. The first-order valence-corrected chi connectivity index (χ1v) is 13.1. The molecule has 3 aromatic rings. The third kappa shape index (κ3) is 8.33. The van der Waals surface area contributed by atoms with Crippen molar-refractivity contribution in [3.05, 3.63) is 95.6 Å². The molecule has 0 spiro atoms. The van der Waals surface area contributed by atoms with Crippen LogP contribution in [-0.2, 0) is 26.1 Å². The predicted octanol–water partition coefficient (Wildman–Crippen LogP) is 7.64. The fourth-order valence-electron chi connectivity index (χ4n) is 4.05. The number of carbonyl (C=O) groups excluding carboxylic acids is 1. The summed E-state index contributed by atoms with van der Waals surface area (Å²) >= 11 is 0. The van der Waals surface area contributed by atoms with Gasteiger partial charge in [-0.1, -0.05) is 81.4 Å². The summed E-state index contributed by atoms with van der Waals surface area (Å²) in [5.41, 5.74) is 7.28. The molecule has 1 atom stereocenters. The van der Waals surface area contributed by atoms with Gasteiger partial charge >= 0.3 is 5.97 Å². The summed E-state index contributed by atoms with van der Waals surface area (Å²) in [6.07, 6.45) is 1.98. The summed E-state index contributed by atoms with van der Waals surface area (Å²) in [7, 11) is 0. The van der Waals surface area contributed by atoms with E-state index >= 15 is 0 Å². The Morgan fingerprint density at radius 3 is 1.97 bits per heavy atom. The molecule has 3 rings (SSSR count). The van der Waals surface area contributed by atoms with Crippen LogP contribution in [0.1, 0.15) is 58.2 Å². The van der Waals surface area contributed by atoms with Crippen molar-refractivity contribution in [3.8, 4) is 16.9 Å². The highest BCUT2D eigenvalue weighted by molar-refractivity contribution is 5.75. The minimum Gasteiger partial charge on any atom is -0.490 e. The van der Waals surface area contributed by atoms with Gasteiger partial charge in [-0.15, -0.1) is 0 Å². The zero-order valence-corrected chi connectivity index (χ0v) is 23.0. The summed E-state index contributed by atoms with van der Waals surface area (Å²) in [6.45, 7) is 13.8. The van der Waals surface area contributed by atoms with Crippen molar-refractivity contribution < 1.29 is 19.0 Å². The molecule has 0 aliphatic rings. The number of esters is 1. The summed E-state index contributed by atoms with van der Waals surface area (Å²) < 4.78 is 16.6. The monoisotopic (exact) mass is 500 g/mol. The first-order valence-electron chi connectivity index (χ1n) is 13.1. The number of allylic oxidation sites excluding steroid dienone is 1. The number of hydrogen-bond acceptors (Lipinski definition) is 4. The van der Waals surface area contributed by atoms with Crippen molar-refractivity contribution in [2.45, 2.75) is 59.5 Å². The molecule has 0 N–H and O–H groups in total. The molecule has 0 fully saturated rings. The van der Waals surface area contributed by atoms with Crippen molar-refractivity contribution in [2.75, 3.05) is 19.8 Å². The number of ether oxygens (including phenoxy) is 3. The highest BCUT2D eigenvalue weighted by atomic mass is 16.6. The van der Waals surface area contributed by atoms with E-state index in [9.17, 15) is 4.79 Å². The van der Waals surface area contributed by atoms with Crippen LogP contribution in [0.3, 0.4) is 0 Å². The maximum atomic E-state index is 12.1. The van der Waals surface area contributed by atoms with E-state index in [1.165, 1.54) is 27.8 Å². The number of carbonyl (C=O) groups is 1. The van der Waals surface area contributed by atoms with Gasteiger partial charge in [-0.2, -0.15) is 0 Å². The molecule has 37 heavy (non-hydrogen) atoms. The maximum Gasteiger partial charge on any atom is 0.335 e. The molecule has 0 aliphatic carbocycles. The van der Waals surface area contributed by atoms with E-state index in [0.717, 1.165) is 11.3 Å². The van der Waals surface area contributed by atoms with E-state index in [0.29, 0.717) is 26.2 Å². The minimum absolute atomic E-state index is 0.158. The Kier molecular flexibility index (Phi) is 10.1. The molecule has 4 nitrogen and oxygen atoms in total. The quantitative estimate of drug-likeness (QED) is 0.254. The minimum atomic E-state index is -0.587. The lowest BCUT2D eigenvalue weighted by atomic mass is 9.86. The van der Waals surface area contributed by atoms with Gasteiger partial charge < -0.3 is 14.2 Å². The van der Waals surface area contributed by atoms with Gasteiger partial charge in [0.1, 0.15) is 12.4 Å². The van der Waals surface area contributed by atoms with Crippen molar-refractivity contribution in [1.29, 1.82) is 0 Å². The number of hydrogen-bond donors (Lipinski definition) is 0. The maximum absolute atomic E-state index is 12.1. The van der Waals surface area contributed by atoms with E-state index in [2.05, 4.69) is 82.3 Å². The van der Waals surface area contributed by atoms with Crippen LogP contribution in [0, 0.1) is 0 Å². The Morgan fingerprint density at radius 2 is 1.43 bits per heavy atom. The van der Waals surface area contributed by atoms with Gasteiger partial charge in [-0.3, -0.25) is 0 Å². The summed E-state index contributed by atoms with van der Waals surface area (Å²) in [6, 6.07) is 25.3. The highest BCUT2D eigenvalue weighted by Gasteiger charge is 2.20. The van der Waals surface area contributed by atoms with Gasteiger partial charge in [0.25, 0.3) is 0 Å². The lowest BCUT2D eigenvalue weighted by molar-refractivity contribution is -0.156. The van der Waals surface area contributed by atoms with Crippen molar-refractivity contribution in [1.82, 2.24) is 0 Å². The SMILES string of the molecule is CCOC(=O)[C@H](Cc1ccc(OCC=C(C)c2ccc(-c3ccc(C(C)(C)C)cc3)cc2)cc1)OCC. The Bertz CT molecular complexity index is 1150. The largest absolute Gasteiger partial charge is 0.490 e. The number of rotatable bonds is 11. The molecule has 0 saturated carbocycles. The zero-order chi connectivity index (χ0) is 26.8. The standard InChI is InChI=1S/C33H40O4/c1-7-35-31(32(34)36-8-2)23-25-9-19-30(20-10-25)37-22-21-24(3)26-11-13-27(14-12-26)28-15-17-29(18-16-28)33(4,5)6/h9-21,31H,7-8,22-23H2,1-6H3/t31-/m0/s1. The van der Waals surface area contributed by atoms with Crippen molar-refractivity contribution in [2.24, 2.45) is 0 Å². The van der Waals surface area contributed by atoms with E-state index in [1.807, 2.05) is 31.2 Å². The number of benzene rings is 3. The average molecular weight is 501 g/mol. The first kappa shape index (κ1) is 28.2. The lowest BCUT2D eigenvalue weighted by Crippen LogP contribution is -2.28. The van der Waals surface area contributed by atoms with E-state index in [-0.39, 0.29) is 11.4 Å². The zero-order valence-electron chi connectivity index (χ0n) is 23.0. The summed E-state index contributed by atoms with van der Waals surface area (Å²) in [5.74, 6) is 0.461. The van der Waals surface area contributed by atoms with Gasteiger partial charge in [0, 0.05) is 13.0 Å². The van der Waals surface area contributed by atoms with Gasteiger partial charge in [0.15, 0.2) is 6.10 Å². The molecule has 0 aromatic heterocycles. The molecule has 0 unspecified atom stereocenters. The van der Waals surface area contributed by atoms with Crippen LogP contribution < -0.4 is 4.74 Å². The molecule has 0 radical (unpaired) electrons. The molecular formula is C33H40O4. The van der Waals surface area contributed by atoms with Crippen LogP contribution >= 0.6 is 0 Å². The molecule has 0 aliphatic heterocycles. The van der Waals surface area contributed by atoms with Crippen LogP contribution in [0.15, 0.2) is 78.9 Å². The Morgan fingerprint density at radius 1 is 0.838 bits per heavy atom. The molecule has 0 bridgehead atoms. The van der Waals surface area contributed by atoms with E-state index < -0.39 is 6.10 Å². The second kappa shape index (κ2) is 13.3. The first-order chi connectivity index (χ1) is 17.7. The van der Waals surface area contributed by atoms with Crippen LogP contribution in [0.2, 0.25) is 0 Å². The molecule has 4 heteroatoms. The molecule has 0 heterocycles. The van der Waals surface area contributed by atoms with Crippen molar-refractivity contribution in [3.63, 3.8) is 0 Å². The fraction of sp³-hybridized carbons (Fsp3) is 0.364. The molecule has 0 saturated heterocycles. The van der Waals surface area contributed by atoms with Gasteiger partial charge in [-0.25, -0.2) is 4.79 Å². The Balaban J connectivity index is 1.55. The fourth-order valence-corrected chi connectivity index (χ4v) is 4.05. The van der Waals surface area contributed by atoms with Crippen LogP contribution in [0.25, 0.3) is 16.7 Å². The lowest BCUT2D eigenvalue weighted by Gasteiger charge is -2.19. The predicted molar refractivity (Wildman–Crippen MR) is 152 cm³/mol. The summed E-state index contributed by atoms with van der Waals surface area (Å²) in [5, 5.41) is 0. The average Bonchev–Trinajstić information content (AvgIpc) is 2.89. The second-order valence-electron chi connectivity index (χ2n) is 10.1. The van der Waals surface area contributed by atoms with E-state index in [1.54, 1.807) is 6.92 Å². The molecule has 196 valence electrons. The van der Waals surface area contributed by atoms with Crippen LogP contribution in [-0.4, -0.2) is 31.9 Å². The third-order valence-electron chi connectivity index (χ3n) is 6.33. The Labute approximate surface area is 222 Å². The van der Waals surface area contributed by atoms with Crippen LogP contribution in [0.5, 0.6) is 5.75 Å². The Hall–Kier alpha value is -3.37. The third-order valence-corrected chi connectivity index (χ3v) is 6.33. The summed E-state index contributed by atoms with van der Waals surface area (Å²) in [4.78, 5) is 12.1. The van der Waals surface area contributed by atoms with Gasteiger partial charge in [-0.05, 0) is 77.8 Å². The second-order valence-corrected chi connectivity index (χ2v) is 10.1. The topological polar surface area (TPSA) is 44.8 Å². The van der Waals surface area contributed by atoms with Gasteiger partial charge in [0.05, 0.1) is 6.61 Å². The van der Waals surface area contributed by atoms with Gasteiger partial charge in [0.2, 0.25) is 0 Å². The molecule has 3 aromatic carbocycles. The molecule has 0 amide bonds. The normalized spacial score (nSPS) is 12.8.